The van der Waals surface area contributed by atoms with E-state index in [0.29, 0.717) is 33.3 Å². The number of anilines is 2. The SMILES string of the molecule is CCn1c(CC(=O)Nc2ccc(Cl)c(Cl)c2)nnc1SCC(=O)Nc1ccc(I)cc1. The monoisotopic (exact) mass is 589 g/mol. The number of hydrogen-bond donors (Lipinski definition) is 2. The molecule has 7 nitrogen and oxygen atoms in total. The van der Waals surface area contributed by atoms with Gasteiger partial charge < -0.3 is 15.2 Å². The smallest absolute Gasteiger partial charge is 0.234 e. The molecule has 0 radical (unpaired) electrons. The van der Waals surface area contributed by atoms with Crippen LogP contribution in [0.1, 0.15) is 12.7 Å². The van der Waals surface area contributed by atoms with E-state index >= 15 is 0 Å². The number of benzene rings is 2. The minimum absolute atomic E-state index is 0.0382. The summed E-state index contributed by atoms with van der Waals surface area (Å²) in [5, 5.41) is 15.2. The number of rotatable bonds is 8. The predicted molar refractivity (Wildman–Crippen MR) is 133 cm³/mol. The Bertz CT molecular complexity index is 1090. The standard InChI is InChI=1S/C20H18Cl2IN5O2S/c1-2-28-17(10-18(29)25-14-7-8-15(21)16(22)9-14)26-27-20(28)31-11-19(30)24-13-5-3-12(23)4-6-13/h3-9H,2,10-11H2,1H3,(H,24,30)(H,25,29). The lowest BCUT2D eigenvalue weighted by Crippen LogP contribution is -2.18. The van der Waals surface area contributed by atoms with Gasteiger partial charge in [0.25, 0.3) is 0 Å². The number of halogens is 3. The summed E-state index contributed by atoms with van der Waals surface area (Å²) in [6.45, 7) is 2.50. The van der Waals surface area contributed by atoms with Crippen LogP contribution in [-0.2, 0) is 22.6 Å². The molecule has 0 aliphatic rings. The largest absolute Gasteiger partial charge is 0.326 e. The van der Waals surface area contributed by atoms with Gasteiger partial charge in [0.05, 0.1) is 22.2 Å². The molecule has 1 aromatic heterocycles. The molecule has 2 amide bonds. The van der Waals surface area contributed by atoms with Crippen LogP contribution in [0.3, 0.4) is 0 Å². The predicted octanol–water partition coefficient (Wildman–Crippen LogP) is 5.12. The van der Waals surface area contributed by atoms with Crippen molar-refractivity contribution < 1.29 is 9.59 Å². The van der Waals surface area contributed by atoms with Crippen LogP contribution in [0.2, 0.25) is 10.0 Å². The molecular weight excluding hydrogens is 572 g/mol. The molecule has 0 atom stereocenters. The molecule has 0 aliphatic carbocycles. The van der Waals surface area contributed by atoms with E-state index in [2.05, 4.69) is 43.4 Å². The highest BCUT2D eigenvalue weighted by Crippen LogP contribution is 2.25. The Balaban J connectivity index is 1.58. The molecule has 3 rings (SSSR count). The van der Waals surface area contributed by atoms with Crippen molar-refractivity contribution >= 4 is 80.7 Å². The fourth-order valence-electron chi connectivity index (χ4n) is 2.66. The van der Waals surface area contributed by atoms with Crippen LogP contribution in [0.25, 0.3) is 0 Å². The van der Waals surface area contributed by atoms with Crippen molar-refractivity contribution in [2.45, 2.75) is 25.0 Å². The van der Waals surface area contributed by atoms with Crippen LogP contribution >= 0.6 is 57.6 Å². The van der Waals surface area contributed by atoms with Gasteiger partial charge in [-0.05, 0) is 72.0 Å². The Labute approximate surface area is 207 Å². The molecule has 0 aliphatic heterocycles. The van der Waals surface area contributed by atoms with Gasteiger partial charge in [-0.2, -0.15) is 0 Å². The summed E-state index contributed by atoms with van der Waals surface area (Å²) in [5.41, 5.74) is 1.28. The number of thioether (sulfide) groups is 1. The highest BCUT2D eigenvalue weighted by molar-refractivity contribution is 14.1. The van der Waals surface area contributed by atoms with Gasteiger partial charge >= 0.3 is 0 Å². The maximum Gasteiger partial charge on any atom is 0.234 e. The molecule has 0 saturated carbocycles. The molecular formula is C20H18Cl2IN5O2S. The lowest BCUT2D eigenvalue weighted by atomic mass is 10.3. The molecule has 31 heavy (non-hydrogen) atoms. The Morgan fingerprint density at radius 3 is 2.35 bits per heavy atom. The second-order valence-electron chi connectivity index (χ2n) is 6.34. The normalized spacial score (nSPS) is 10.7. The van der Waals surface area contributed by atoms with Crippen molar-refractivity contribution in [3.8, 4) is 0 Å². The fourth-order valence-corrected chi connectivity index (χ4v) is 4.14. The number of amides is 2. The molecule has 3 aromatic rings. The summed E-state index contributed by atoms with van der Waals surface area (Å²) in [7, 11) is 0. The van der Waals surface area contributed by atoms with Crippen LogP contribution in [-0.4, -0.2) is 32.3 Å². The van der Waals surface area contributed by atoms with Crippen LogP contribution in [0.5, 0.6) is 0 Å². The highest BCUT2D eigenvalue weighted by atomic mass is 127. The number of aromatic nitrogens is 3. The maximum absolute atomic E-state index is 12.4. The van der Waals surface area contributed by atoms with Crippen molar-refractivity contribution in [3.63, 3.8) is 0 Å². The zero-order chi connectivity index (χ0) is 22.4. The summed E-state index contributed by atoms with van der Waals surface area (Å²) in [6.07, 6.45) is 0.0382. The summed E-state index contributed by atoms with van der Waals surface area (Å²) in [6, 6.07) is 12.4. The summed E-state index contributed by atoms with van der Waals surface area (Å²) in [5.74, 6) is 0.296. The van der Waals surface area contributed by atoms with E-state index in [9.17, 15) is 9.59 Å². The molecule has 1 heterocycles. The topological polar surface area (TPSA) is 88.9 Å². The fraction of sp³-hybridized carbons (Fsp3) is 0.200. The molecule has 0 bridgehead atoms. The lowest BCUT2D eigenvalue weighted by Gasteiger charge is -2.09. The maximum atomic E-state index is 12.4. The van der Waals surface area contributed by atoms with Gasteiger partial charge in [0.2, 0.25) is 11.8 Å². The van der Waals surface area contributed by atoms with Crippen LogP contribution in [0.4, 0.5) is 11.4 Å². The van der Waals surface area contributed by atoms with Gasteiger partial charge in [0, 0.05) is 21.5 Å². The molecule has 0 saturated heterocycles. The second kappa shape index (κ2) is 11.2. The molecule has 162 valence electrons. The van der Waals surface area contributed by atoms with E-state index < -0.39 is 0 Å². The zero-order valence-corrected chi connectivity index (χ0v) is 20.8. The highest BCUT2D eigenvalue weighted by Gasteiger charge is 2.16. The van der Waals surface area contributed by atoms with Gasteiger partial charge in [-0.25, -0.2) is 0 Å². The third-order valence-corrected chi connectivity index (χ3v) is 6.52. The summed E-state index contributed by atoms with van der Waals surface area (Å²) < 4.78 is 2.91. The average Bonchev–Trinajstić information content (AvgIpc) is 3.12. The van der Waals surface area contributed by atoms with Gasteiger partial charge in [-0.1, -0.05) is 35.0 Å². The number of nitrogens with zero attached hydrogens (tertiary/aromatic N) is 3. The van der Waals surface area contributed by atoms with Gasteiger partial charge in [0.15, 0.2) is 5.16 Å². The minimum Gasteiger partial charge on any atom is -0.326 e. The minimum atomic E-state index is -0.256. The first kappa shape index (κ1) is 23.8. The Morgan fingerprint density at radius 1 is 1.00 bits per heavy atom. The Kier molecular flexibility index (Phi) is 8.58. The Morgan fingerprint density at radius 2 is 1.68 bits per heavy atom. The summed E-state index contributed by atoms with van der Waals surface area (Å²) in [4.78, 5) is 24.6. The number of carbonyl (C=O) groups is 2. The van der Waals surface area contributed by atoms with E-state index in [0.717, 1.165) is 9.26 Å². The van der Waals surface area contributed by atoms with E-state index in [-0.39, 0.29) is 24.0 Å². The average molecular weight is 590 g/mol. The van der Waals surface area contributed by atoms with E-state index in [1.54, 1.807) is 18.2 Å². The Hall–Kier alpha value is -1.82. The first-order valence-corrected chi connectivity index (χ1v) is 12.0. The van der Waals surface area contributed by atoms with Gasteiger partial charge in [0.1, 0.15) is 5.82 Å². The van der Waals surface area contributed by atoms with Crippen LogP contribution in [0, 0.1) is 3.57 Å². The van der Waals surface area contributed by atoms with Crippen molar-refractivity contribution in [1.82, 2.24) is 14.8 Å². The van der Waals surface area contributed by atoms with Crippen molar-refractivity contribution in [3.05, 3.63) is 61.9 Å². The molecule has 2 N–H and O–H groups in total. The van der Waals surface area contributed by atoms with Crippen LogP contribution < -0.4 is 10.6 Å². The third kappa shape index (κ3) is 6.83. The van der Waals surface area contributed by atoms with E-state index in [4.69, 9.17) is 23.2 Å². The summed E-state index contributed by atoms with van der Waals surface area (Å²) >= 11 is 15.4. The van der Waals surface area contributed by atoms with Crippen molar-refractivity contribution in [1.29, 1.82) is 0 Å². The lowest BCUT2D eigenvalue weighted by molar-refractivity contribution is -0.116. The van der Waals surface area contributed by atoms with Crippen molar-refractivity contribution in [2.75, 3.05) is 16.4 Å². The molecule has 0 spiro atoms. The zero-order valence-electron chi connectivity index (χ0n) is 16.4. The van der Waals surface area contributed by atoms with Crippen LogP contribution in [0.15, 0.2) is 47.6 Å². The number of carbonyl (C=O) groups excluding carboxylic acids is 2. The molecule has 0 fully saturated rings. The van der Waals surface area contributed by atoms with Gasteiger partial charge in [-0.15, -0.1) is 10.2 Å². The third-order valence-electron chi connectivity index (χ3n) is 4.09. The number of nitrogens with one attached hydrogen (secondary N) is 2. The quantitative estimate of drug-likeness (QED) is 0.281. The second-order valence-corrected chi connectivity index (χ2v) is 9.34. The molecule has 11 heteroatoms. The number of hydrogen-bond acceptors (Lipinski definition) is 5. The van der Waals surface area contributed by atoms with E-state index in [1.165, 1.54) is 11.8 Å². The first-order valence-electron chi connectivity index (χ1n) is 9.21. The first-order chi connectivity index (χ1) is 14.9. The molecule has 0 unspecified atom stereocenters. The van der Waals surface area contributed by atoms with Crippen molar-refractivity contribution in [2.24, 2.45) is 0 Å². The van der Waals surface area contributed by atoms with Gasteiger partial charge in [-0.3, -0.25) is 9.59 Å². The molecule has 2 aromatic carbocycles. The van der Waals surface area contributed by atoms with E-state index in [1.807, 2.05) is 35.8 Å².